The van der Waals surface area contributed by atoms with Crippen LogP contribution in [-0.4, -0.2) is 12.2 Å². The lowest BCUT2D eigenvalue weighted by Gasteiger charge is -2.21. The molecule has 1 unspecified atom stereocenters. The van der Waals surface area contributed by atoms with Gasteiger partial charge in [0, 0.05) is 11.8 Å². The van der Waals surface area contributed by atoms with Crippen LogP contribution in [0.25, 0.3) is 11.0 Å². The number of aliphatic hydroxyl groups excluding tert-OH is 1. The summed E-state index contributed by atoms with van der Waals surface area (Å²) in [6, 6.07) is 7.99. The maximum atomic E-state index is 10.7. The van der Waals surface area contributed by atoms with Crippen LogP contribution in [0.2, 0.25) is 0 Å². The highest BCUT2D eigenvalue weighted by Crippen LogP contribution is 2.39. The van der Waals surface area contributed by atoms with Crippen LogP contribution in [0.5, 0.6) is 0 Å². The third-order valence-electron chi connectivity index (χ3n) is 6.56. The molecule has 0 amide bonds. The first-order chi connectivity index (χ1) is 13.7. The van der Waals surface area contributed by atoms with Crippen LogP contribution in [0, 0.1) is 11.8 Å². The van der Waals surface area contributed by atoms with Gasteiger partial charge in [-0.3, -0.25) is 0 Å². The monoisotopic (exact) mass is 384 g/mol. The molecule has 1 heterocycles. The van der Waals surface area contributed by atoms with Gasteiger partial charge in [-0.25, -0.2) is 0 Å². The molecular formula is C25H36O3. The van der Waals surface area contributed by atoms with Crippen LogP contribution >= 0.6 is 0 Å². The molecule has 2 aromatic rings. The van der Waals surface area contributed by atoms with Crippen molar-refractivity contribution in [3.8, 4) is 0 Å². The van der Waals surface area contributed by atoms with Gasteiger partial charge in [0.2, 0.25) is 0 Å². The van der Waals surface area contributed by atoms with E-state index in [4.69, 9.17) is 9.15 Å². The Hall–Kier alpha value is -1.74. The molecule has 3 rings (SSSR count). The Morgan fingerprint density at radius 2 is 1.93 bits per heavy atom. The summed E-state index contributed by atoms with van der Waals surface area (Å²) in [7, 11) is 1.70. The maximum absolute atomic E-state index is 10.7. The zero-order valence-corrected chi connectivity index (χ0v) is 17.4. The number of ether oxygens (including phenoxy) is 1. The van der Waals surface area contributed by atoms with Crippen molar-refractivity contribution in [3.05, 3.63) is 48.4 Å². The molecule has 1 aliphatic carbocycles. The van der Waals surface area contributed by atoms with Crippen molar-refractivity contribution in [1.82, 2.24) is 0 Å². The normalized spacial score (nSPS) is 20.5. The van der Waals surface area contributed by atoms with Crippen molar-refractivity contribution in [1.29, 1.82) is 0 Å². The lowest BCUT2D eigenvalue weighted by molar-refractivity contribution is 0.151. The van der Waals surface area contributed by atoms with Crippen LogP contribution in [0.4, 0.5) is 0 Å². The van der Waals surface area contributed by atoms with Crippen LogP contribution in [0.1, 0.15) is 82.3 Å². The molecule has 0 saturated heterocycles. The van der Waals surface area contributed by atoms with Gasteiger partial charge in [-0.15, -0.1) is 0 Å². The van der Waals surface area contributed by atoms with E-state index in [1.165, 1.54) is 51.4 Å². The Morgan fingerprint density at radius 3 is 2.75 bits per heavy atom. The molecule has 0 radical (unpaired) electrons. The minimum Gasteiger partial charge on any atom is -0.502 e. The highest BCUT2D eigenvalue weighted by atomic mass is 16.5. The van der Waals surface area contributed by atoms with E-state index in [2.05, 4.69) is 12.6 Å². The number of methoxy groups -OCH3 is 1. The third-order valence-corrected chi connectivity index (χ3v) is 6.56. The fourth-order valence-electron chi connectivity index (χ4n) is 4.79. The Morgan fingerprint density at radius 1 is 1.14 bits per heavy atom. The van der Waals surface area contributed by atoms with Gasteiger partial charge in [-0.2, -0.15) is 0 Å². The minimum absolute atomic E-state index is 0.366. The molecule has 0 spiro atoms. The molecule has 1 aliphatic rings. The summed E-state index contributed by atoms with van der Waals surface area (Å²) < 4.78 is 10.5. The molecule has 1 aromatic heterocycles. The largest absolute Gasteiger partial charge is 0.502 e. The van der Waals surface area contributed by atoms with Crippen molar-refractivity contribution < 1.29 is 14.3 Å². The number of fused-ring (bicyclic) bond motifs is 1. The summed E-state index contributed by atoms with van der Waals surface area (Å²) in [4.78, 5) is 0. The zero-order valence-electron chi connectivity index (χ0n) is 17.4. The van der Waals surface area contributed by atoms with Crippen LogP contribution in [-0.2, 0) is 4.74 Å². The standard InChI is InChI=1S/C25H36O3/c1-19(27-2)8-5-3-4-6-9-20-10-7-11-21(20)12-14-24(26)22-13-15-25-23(18-22)16-17-28-25/h13,15-18,20-21,24,26H,1,3-12,14H2,2H3/t20-,21+,24?/m0/s1. The molecule has 1 fully saturated rings. The van der Waals surface area contributed by atoms with Crippen LogP contribution < -0.4 is 0 Å². The number of rotatable bonds is 12. The molecule has 154 valence electrons. The second kappa shape index (κ2) is 10.7. The van der Waals surface area contributed by atoms with E-state index in [-0.39, 0.29) is 6.10 Å². The Kier molecular flexibility index (Phi) is 8.02. The van der Waals surface area contributed by atoms with Gasteiger partial charge in [-0.05, 0) is 54.9 Å². The lowest BCUT2D eigenvalue weighted by Crippen LogP contribution is -2.10. The molecule has 28 heavy (non-hydrogen) atoms. The summed E-state index contributed by atoms with van der Waals surface area (Å²) in [5.41, 5.74) is 1.90. The summed E-state index contributed by atoms with van der Waals surface area (Å²) in [5.74, 6) is 2.56. The SMILES string of the molecule is C=C(CCCCCC[C@H]1CCC[C@@H]1CCC(O)c1ccc2occc2c1)OC. The summed E-state index contributed by atoms with van der Waals surface area (Å²) in [5, 5.41) is 11.7. The lowest BCUT2D eigenvalue weighted by atomic mass is 9.86. The zero-order chi connectivity index (χ0) is 19.8. The molecule has 3 heteroatoms. The number of hydrogen-bond acceptors (Lipinski definition) is 3. The maximum Gasteiger partial charge on any atom is 0.133 e. The van der Waals surface area contributed by atoms with Crippen molar-refractivity contribution >= 4 is 11.0 Å². The van der Waals surface area contributed by atoms with E-state index >= 15 is 0 Å². The molecule has 1 aromatic carbocycles. The number of benzene rings is 1. The average Bonchev–Trinajstić information content (AvgIpc) is 3.36. The number of furan rings is 1. The molecule has 1 N–H and O–H groups in total. The topological polar surface area (TPSA) is 42.6 Å². The van der Waals surface area contributed by atoms with Gasteiger partial charge in [0.05, 0.1) is 25.2 Å². The van der Waals surface area contributed by atoms with E-state index in [1.807, 2.05) is 18.2 Å². The predicted molar refractivity (Wildman–Crippen MR) is 115 cm³/mol. The molecule has 1 saturated carbocycles. The van der Waals surface area contributed by atoms with E-state index < -0.39 is 0 Å². The van der Waals surface area contributed by atoms with Crippen LogP contribution in [0.3, 0.4) is 0 Å². The first kappa shape index (κ1) is 21.0. The average molecular weight is 385 g/mol. The summed E-state index contributed by atoms with van der Waals surface area (Å²) in [6.07, 6.45) is 14.9. The predicted octanol–water partition coefficient (Wildman–Crippen LogP) is 7.16. The fraction of sp³-hybridized carbons (Fsp3) is 0.600. The number of hydrogen-bond donors (Lipinski definition) is 1. The first-order valence-corrected chi connectivity index (χ1v) is 11.0. The Balaban J connectivity index is 1.36. The molecule has 3 nitrogen and oxygen atoms in total. The highest BCUT2D eigenvalue weighted by molar-refractivity contribution is 5.77. The minimum atomic E-state index is -0.366. The fourth-order valence-corrected chi connectivity index (χ4v) is 4.79. The summed E-state index contributed by atoms with van der Waals surface area (Å²) in [6.45, 7) is 3.89. The van der Waals surface area contributed by atoms with Gasteiger partial charge in [0.15, 0.2) is 0 Å². The van der Waals surface area contributed by atoms with Crippen molar-refractivity contribution in [3.63, 3.8) is 0 Å². The van der Waals surface area contributed by atoms with Gasteiger partial charge in [-0.1, -0.05) is 57.6 Å². The van der Waals surface area contributed by atoms with E-state index in [1.54, 1.807) is 13.4 Å². The van der Waals surface area contributed by atoms with E-state index in [9.17, 15) is 5.11 Å². The van der Waals surface area contributed by atoms with Crippen molar-refractivity contribution in [2.45, 2.75) is 76.7 Å². The number of aliphatic hydroxyl groups is 1. The van der Waals surface area contributed by atoms with Gasteiger partial charge < -0.3 is 14.3 Å². The first-order valence-electron chi connectivity index (χ1n) is 11.0. The smallest absolute Gasteiger partial charge is 0.133 e. The second-order valence-corrected chi connectivity index (χ2v) is 8.46. The Labute approximate surface area is 169 Å². The molecule has 0 aliphatic heterocycles. The van der Waals surface area contributed by atoms with Gasteiger partial charge in [0.25, 0.3) is 0 Å². The molecule has 0 bridgehead atoms. The quantitative estimate of drug-likeness (QED) is 0.312. The van der Waals surface area contributed by atoms with Crippen LogP contribution in [0.15, 0.2) is 47.3 Å². The number of allylic oxidation sites excluding steroid dienone is 1. The van der Waals surface area contributed by atoms with Gasteiger partial charge in [0.1, 0.15) is 5.58 Å². The van der Waals surface area contributed by atoms with E-state index in [0.29, 0.717) is 0 Å². The second-order valence-electron chi connectivity index (χ2n) is 8.46. The van der Waals surface area contributed by atoms with Gasteiger partial charge >= 0.3 is 0 Å². The third kappa shape index (κ3) is 5.88. The number of unbranched alkanes of at least 4 members (excludes halogenated alkanes) is 3. The van der Waals surface area contributed by atoms with Crippen molar-refractivity contribution in [2.24, 2.45) is 11.8 Å². The van der Waals surface area contributed by atoms with E-state index in [0.717, 1.165) is 53.4 Å². The highest BCUT2D eigenvalue weighted by Gasteiger charge is 2.27. The molecule has 3 atom stereocenters. The Bertz CT molecular complexity index is 732. The summed E-state index contributed by atoms with van der Waals surface area (Å²) >= 11 is 0. The molecular weight excluding hydrogens is 348 g/mol. The van der Waals surface area contributed by atoms with Crippen molar-refractivity contribution in [2.75, 3.05) is 7.11 Å².